The Hall–Kier alpha value is -2.22. The summed E-state index contributed by atoms with van der Waals surface area (Å²) in [5.74, 6) is -1.02. The summed E-state index contributed by atoms with van der Waals surface area (Å²) in [6, 6.07) is 0. The van der Waals surface area contributed by atoms with E-state index in [0.29, 0.717) is 0 Å². The summed E-state index contributed by atoms with van der Waals surface area (Å²) in [6.07, 6.45) is -24.1. The minimum atomic E-state index is -4.91. The summed E-state index contributed by atoms with van der Waals surface area (Å²) >= 11 is 0. The molecule has 3 fully saturated rings. The van der Waals surface area contributed by atoms with E-state index in [1.165, 1.54) is 0 Å². The van der Waals surface area contributed by atoms with E-state index in [0.717, 1.165) is 0 Å². The van der Waals surface area contributed by atoms with Crippen LogP contribution in [0.4, 0.5) is 0 Å². The summed E-state index contributed by atoms with van der Waals surface area (Å²) in [4.78, 5) is 91.2. The number of aliphatic hydroxyl groups excluding tert-OH is 9. The predicted molar refractivity (Wildman–Crippen MR) is 310 cm³/mol. The van der Waals surface area contributed by atoms with Crippen LogP contribution in [0.25, 0.3) is 0 Å². The minimum Gasteiger partial charge on any atom is -0.387 e. The molecule has 0 aromatic heterocycles. The van der Waals surface area contributed by atoms with Gasteiger partial charge in [-0.25, -0.2) is 13.7 Å². The molecule has 0 radical (unpaired) electrons. The summed E-state index contributed by atoms with van der Waals surface area (Å²) in [5.41, 5.74) is -0.821. The summed E-state index contributed by atoms with van der Waals surface area (Å²) < 4.78 is 128. The van der Waals surface area contributed by atoms with Gasteiger partial charge in [0, 0.05) is 44.3 Å². The van der Waals surface area contributed by atoms with Crippen molar-refractivity contribution in [3.8, 4) is 0 Å². The molecule has 15 unspecified atom stereocenters. The van der Waals surface area contributed by atoms with Crippen LogP contribution in [0.2, 0.25) is 0 Å². The zero-order chi connectivity index (χ0) is 70.5. The molecule has 95 heavy (non-hydrogen) atoms. The molecule has 0 aromatic carbocycles. The van der Waals surface area contributed by atoms with Crippen molar-refractivity contribution in [2.75, 3.05) is 178 Å². The van der Waals surface area contributed by atoms with Crippen LogP contribution in [0.15, 0.2) is 0 Å². The van der Waals surface area contributed by atoms with Gasteiger partial charge < -0.3 is 162 Å². The smallest absolute Gasteiger partial charge is 0.387 e. The topological polar surface area (TPSA) is 608 Å². The van der Waals surface area contributed by atoms with Crippen LogP contribution in [-0.2, 0) is 113 Å². The van der Waals surface area contributed by atoms with Crippen LogP contribution in [0.3, 0.4) is 0 Å². The highest BCUT2D eigenvalue weighted by Crippen LogP contribution is 2.39. The molecule has 560 valence electrons. The van der Waals surface area contributed by atoms with Crippen molar-refractivity contribution in [2.45, 2.75) is 118 Å². The minimum absolute atomic E-state index is 0.00532. The zero-order valence-corrected chi connectivity index (χ0v) is 54.9. The molecular formula is C50H96N3O39P3. The molecule has 45 heteroatoms. The van der Waals surface area contributed by atoms with E-state index in [1.54, 1.807) is 6.92 Å². The molecule has 3 heterocycles. The van der Waals surface area contributed by atoms with Crippen LogP contribution in [-0.4, -0.2) is 363 Å². The first kappa shape index (κ1) is 87.0. The Morgan fingerprint density at radius 3 is 0.811 bits per heavy atom. The van der Waals surface area contributed by atoms with Gasteiger partial charge in [-0.1, -0.05) is 6.92 Å². The Balaban J connectivity index is 1.30. The Morgan fingerprint density at radius 1 is 0.337 bits per heavy atom. The molecule has 0 aromatic rings. The first-order chi connectivity index (χ1) is 44.9. The van der Waals surface area contributed by atoms with Crippen molar-refractivity contribution in [1.29, 1.82) is 0 Å². The summed E-state index contributed by atoms with van der Waals surface area (Å²) in [7, 11) is -14.7. The van der Waals surface area contributed by atoms with Gasteiger partial charge in [-0.05, 0) is 0 Å². The average molecular weight is 1460 g/mol. The lowest BCUT2D eigenvalue weighted by Gasteiger charge is -2.40. The molecule has 3 amide bonds. The second-order valence-electron chi connectivity index (χ2n) is 21.5. The first-order valence-electron chi connectivity index (χ1n) is 29.9. The van der Waals surface area contributed by atoms with Crippen molar-refractivity contribution in [1.82, 2.24) is 16.0 Å². The molecule has 3 rings (SSSR count). The lowest BCUT2D eigenvalue weighted by atomic mass is 9.94. The molecule has 15 atom stereocenters. The third kappa shape index (κ3) is 38.4. The highest BCUT2D eigenvalue weighted by atomic mass is 31.2. The van der Waals surface area contributed by atoms with Gasteiger partial charge in [0.1, 0.15) is 73.2 Å². The molecule has 0 spiro atoms. The number of ether oxygens (including phenoxy) is 15. The van der Waals surface area contributed by atoms with Gasteiger partial charge in [-0.3, -0.25) is 28.0 Å². The molecule has 0 saturated carbocycles. The quantitative estimate of drug-likeness (QED) is 0.0199. The van der Waals surface area contributed by atoms with Crippen LogP contribution >= 0.6 is 23.5 Å². The lowest BCUT2D eigenvalue weighted by Crippen LogP contribution is -2.59. The molecule has 0 aliphatic carbocycles. The third-order valence-corrected chi connectivity index (χ3v) is 14.8. The van der Waals surface area contributed by atoms with Gasteiger partial charge >= 0.3 is 23.5 Å². The second-order valence-corrected chi connectivity index (χ2v) is 25.2. The maximum Gasteiger partial charge on any atom is 0.469 e. The van der Waals surface area contributed by atoms with E-state index >= 15 is 0 Å². The van der Waals surface area contributed by atoms with Crippen molar-refractivity contribution in [2.24, 2.45) is 5.41 Å². The maximum atomic E-state index is 12.6. The Morgan fingerprint density at radius 2 is 0.568 bits per heavy atom. The SMILES string of the molecule is CC(COCCC(=O)NCCOCCOCCOC1OC(COP(=O)(O)O)C(O)C(O)C1O)(COCCC(=O)NCCOCCOCCOC1OC(COP(=O)(O)O)C(O)C(O)C1O)COCCC(=O)NCCOCCOCCOC1OC(COP(=O)(O)O)C(O)C(O)C1O. The van der Waals surface area contributed by atoms with Crippen molar-refractivity contribution < 1.29 is 188 Å². The number of phosphoric ester groups is 3. The fraction of sp³-hybridized carbons (Fsp3) is 0.940. The molecule has 3 saturated heterocycles. The summed E-state index contributed by atoms with van der Waals surface area (Å²) in [5, 5.41) is 99.0. The van der Waals surface area contributed by atoms with E-state index < -0.39 is 141 Å². The number of hydrogen-bond acceptors (Lipinski definition) is 33. The molecule has 42 nitrogen and oxygen atoms in total. The van der Waals surface area contributed by atoms with Crippen molar-refractivity contribution in [3.05, 3.63) is 0 Å². The number of rotatable bonds is 54. The van der Waals surface area contributed by atoms with Crippen LogP contribution < -0.4 is 16.0 Å². The summed E-state index contributed by atoms with van der Waals surface area (Å²) in [6.45, 7) is 0.672. The number of phosphoric acid groups is 3. The van der Waals surface area contributed by atoms with Crippen LogP contribution in [0.5, 0.6) is 0 Å². The number of carbonyl (C=O) groups excluding carboxylic acids is 3. The molecule has 3 aliphatic rings. The monoisotopic (exact) mass is 1460 g/mol. The number of nitrogens with one attached hydrogen (secondary N) is 3. The second kappa shape index (κ2) is 47.1. The van der Waals surface area contributed by atoms with Gasteiger partial charge in [0.25, 0.3) is 0 Å². The van der Waals surface area contributed by atoms with Gasteiger partial charge in [0.05, 0.1) is 159 Å². The first-order valence-corrected chi connectivity index (χ1v) is 34.5. The fourth-order valence-electron chi connectivity index (χ4n) is 8.35. The van der Waals surface area contributed by atoms with E-state index in [4.69, 9.17) is 100 Å². The predicted octanol–water partition coefficient (Wildman–Crippen LogP) is -8.54. The van der Waals surface area contributed by atoms with E-state index in [2.05, 4.69) is 29.5 Å². The third-order valence-electron chi connectivity index (χ3n) is 13.3. The Kier molecular flexibility index (Phi) is 43.1. The normalized spacial score (nSPS) is 27.5. The van der Waals surface area contributed by atoms with Crippen molar-refractivity contribution >= 4 is 41.2 Å². The highest BCUT2D eigenvalue weighted by Gasteiger charge is 2.47. The Labute approximate surface area is 545 Å². The molecule has 3 aliphatic heterocycles. The number of carbonyl (C=O) groups is 3. The average Bonchev–Trinajstić information content (AvgIpc) is 0.838. The lowest BCUT2D eigenvalue weighted by molar-refractivity contribution is -0.301. The van der Waals surface area contributed by atoms with E-state index in [9.17, 15) is 74.0 Å². The van der Waals surface area contributed by atoms with Crippen LogP contribution in [0.1, 0.15) is 26.2 Å². The molecular weight excluding hydrogens is 1360 g/mol. The number of amides is 3. The van der Waals surface area contributed by atoms with E-state index in [1.807, 2.05) is 0 Å². The molecule has 0 bridgehead atoms. The number of aliphatic hydroxyl groups is 9. The van der Waals surface area contributed by atoms with Crippen molar-refractivity contribution in [3.63, 3.8) is 0 Å². The van der Waals surface area contributed by atoms with E-state index in [-0.39, 0.29) is 195 Å². The van der Waals surface area contributed by atoms with Gasteiger partial charge in [0.2, 0.25) is 17.7 Å². The fourth-order valence-corrected chi connectivity index (χ4v) is 9.37. The van der Waals surface area contributed by atoms with Crippen LogP contribution in [0, 0.1) is 5.41 Å². The largest absolute Gasteiger partial charge is 0.469 e. The molecule has 18 N–H and O–H groups in total. The zero-order valence-electron chi connectivity index (χ0n) is 52.2. The van der Waals surface area contributed by atoms with Gasteiger partial charge in [0.15, 0.2) is 18.9 Å². The standard InChI is InChI=1S/C50H96N3O39P3/c1-50(29-81-8-2-35(54)51-5-11-75-14-17-78-20-23-84-47-44(63)41(60)38(57)32(90-47)26-87-93(66,67)68,30-82-9-3-36(55)52-6-12-76-15-18-79-21-24-85-48-45(64)42(61)39(58)33(91-48)27-88-94(69,70)71)31-83-10-4-37(56)53-7-13-77-16-19-80-22-25-86-49-46(65)43(62)40(59)34(92-49)28-89-95(72,73)74/h32-34,38-49,57-65H,2-31H2,1H3,(H,51,54)(H,52,55)(H,53,56)(H2,66,67,68)(H2,69,70,71)(H2,72,73,74). The Bertz CT molecular complexity index is 2010. The maximum absolute atomic E-state index is 12.6. The van der Waals surface area contributed by atoms with Gasteiger partial charge in [-0.15, -0.1) is 0 Å². The van der Waals surface area contributed by atoms with Gasteiger partial charge in [-0.2, -0.15) is 0 Å². The highest BCUT2D eigenvalue weighted by molar-refractivity contribution is 7.46. The number of hydrogen-bond donors (Lipinski definition) is 18.